The number of aliphatic hydroxyl groups is 1. The van der Waals surface area contributed by atoms with Gasteiger partial charge in [0.2, 0.25) is 5.91 Å². The number of piperidine rings is 1. The smallest absolute Gasteiger partial charge is 0.234 e. The fraction of sp³-hybridized carbons (Fsp3) is 0.643. The van der Waals surface area contributed by atoms with E-state index < -0.39 is 0 Å². The molecule has 1 amide bonds. The maximum Gasteiger partial charge on any atom is 0.234 e. The summed E-state index contributed by atoms with van der Waals surface area (Å²) in [6.07, 6.45) is 2.06. The van der Waals surface area contributed by atoms with Gasteiger partial charge in [-0.15, -0.1) is 11.3 Å². The van der Waals surface area contributed by atoms with Crippen molar-refractivity contribution >= 4 is 28.8 Å². The number of likely N-dealkylation sites (tertiary alicyclic amines) is 1. The van der Waals surface area contributed by atoms with Crippen molar-refractivity contribution in [2.75, 3.05) is 26.2 Å². The molecule has 20 heavy (non-hydrogen) atoms. The number of nitrogens with zero attached hydrogens (tertiary/aromatic N) is 1. The molecule has 2 N–H and O–H groups in total. The second-order valence-electron chi connectivity index (χ2n) is 5.77. The van der Waals surface area contributed by atoms with Crippen LogP contribution in [0, 0.1) is 5.41 Å². The first-order chi connectivity index (χ1) is 9.50. The predicted octanol–water partition coefficient (Wildman–Crippen LogP) is 2.11. The molecular formula is C14H21ClN2O2S. The lowest BCUT2D eigenvalue weighted by Gasteiger charge is -2.38. The van der Waals surface area contributed by atoms with Crippen LogP contribution >= 0.6 is 22.9 Å². The highest BCUT2D eigenvalue weighted by atomic mass is 35.5. The maximum absolute atomic E-state index is 11.9. The quantitative estimate of drug-likeness (QED) is 0.875. The average Bonchev–Trinajstić information content (AvgIpc) is 2.82. The van der Waals surface area contributed by atoms with E-state index in [2.05, 4.69) is 17.1 Å². The van der Waals surface area contributed by atoms with Crippen molar-refractivity contribution < 1.29 is 9.90 Å². The molecule has 6 heteroatoms. The number of thiophene rings is 1. The van der Waals surface area contributed by atoms with Crippen molar-refractivity contribution in [1.29, 1.82) is 0 Å². The van der Waals surface area contributed by atoms with Crippen LogP contribution in [0.15, 0.2) is 12.1 Å². The monoisotopic (exact) mass is 316 g/mol. The standard InChI is InChI=1S/C14H21ClN2O2S/c1-14(10-18)5-2-6-17(9-14)8-13(19)16-7-11-3-4-12(15)20-11/h3-4,18H,2,5-10H2,1H3,(H,16,19). The number of halogens is 1. The van der Waals surface area contributed by atoms with Crippen LogP contribution in [0.25, 0.3) is 0 Å². The Morgan fingerprint density at radius 1 is 1.60 bits per heavy atom. The molecule has 1 saturated heterocycles. The number of hydrogen-bond acceptors (Lipinski definition) is 4. The predicted molar refractivity (Wildman–Crippen MR) is 82.0 cm³/mol. The fourth-order valence-electron chi connectivity index (χ4n) is 2.58. The van der Waals surface area contributed by atoms with Gasteiger partial charge >= 0.3 is 0 Å². The van der Waals surface area contributed by atoms with E-state index in [-0.39, 0.29) is 17.9 Å². The van der Waals surface area contributed by atoms with Crippen molar-refractivity contribution in [3.8, 4) is 0 Å². The second-order valence-corrected chi connectivity index (χ2v) is 7.57. The van der Waals surface area contributed by atoms with E-state index in [1.54, 1.807) is 0 Å². The molecule has 2 heterocycles. The van der Waals surface area contributed by atoms with E-state index in [1.165, 1.54) is 11.3 Å². The number of carbonyl (C=O) groups is 1. The van der Waals surface area contributed by atoms with Crippen LogP contribution in [0.5, 0.6) is 0 Å². The van der Waals surface area contributed by atoms with Crippen molar-refractivity contribution in [3.05, 3.63) is 21.3 Å². The van der Waals surface area contributed by atoms with Gasteiger partial charge < -0.3 is 10.4 Å². The Balaban J connectivity index is 1.76. The van der Waals surface area contributed by atoms with E-state index in [9.17, 15) is 9.90 Å². The van der Waals surface area contributed by atoms with Gasteiger partial charge in [0, 0.05) is 23.4 Å². The third-order valence-electron chi connectivity index (χ3n) is 3.70. The molecule has 1 aromatic heterocycles. The number of amides is 1. The molecule has 0 aromatic carbocycles. The molecule has 2 rings (SSSR count). The van der Waals surface area contributed by atoms with Crippen molar-refractivity contribution in [2.45, 2.75) is 26.3 Å². The molecule has 0 bridgehead atoms. The van der Waals surface area contributed by atoms with E-state index in [4.69, 9.17) is 11.6 Å². The molecule has 0 spiro atoms. The third kappa shape index (κ3) is 4.45. The summed E-state index contributed by atoms with van der Waals surface area (Å²) in [5.41, 5.74) is -0.0696. The zero-order chi connectivity index (χ0) is 14.6. The molecular weight excluding hydrogens is 296 g/mol. The van der Waals surface area contributed by atoms with Crippen molar-refractivity contribution in [2.24, 2.45) is 5.41 Å². The Morgan fingerprint density at radius 2 is 2.40 bits per heavy atom. The third-order valence-corrected chi connectivity index (χ3v) is 4.93. The van der Waals surface area contributed by atoms with Crippen LogP contribution in [-0.4, -0.2) is 42.2 Å². The molecule has 0 radical (unpaired) electrons. The first kappa shape index (κ1) is 15.8. The van der Waals surface area contributed by atoms with Crippen LogP contribution in [-0.2, 0) is 11.3 Å². The van der Waals surface area contributed by atoms with Crippen LogP contribution < -0.4 is 5.32 Å². The minimum Gasteiger partial charge on any atom is -0.396 e. The largest absolute Gasteiger partial charge is 0.396 e. The SMILES string of the molecule is CC1(CO)CCCN(CC(=O)NCc2ccc(Cl)s2)C1. The minimum absolute atomic E-state index is 0.0247. The lowest BCUT2D eigenvalue weighted by atomic mass is 9.83. The lowest BCUT2D eigenvalue weighted by Crippen LogP contribution is -2.47. The highest BCUT2D eigenvalue weighted by Gasteiger charge is 2.30. The zero-order valence-corrected chi connectivity index (χ0v) is 13.3. The molecule has 1 aliphatic rings. The van der Waals surface area contributed by atoms with Crippen LogP contribution in [0.3, 0.4) is 0 Å². The fourth-order valence-corrected chi connectivity index (χ4v) is 3.61. The molecule has 1 aromatic rings. The van der Waals surface area contributed by atoms with Crippen LogP contribution in [0.4, 0.5) is 0 Å². The molecule has 112 valence electrons. The molecule has 1 unspecified atom stereocenters. The number of hydrogen-bond donors (Lipinski definition) is 2. The Kier molecular flexibility index (Phi) is 5.43. The number of nitrogens with one attached hydrogen (secondary N) is 1. The van der Waals surface area contributed by atoms with Crippen molar-refractivity contribution in [3.63, 3.8) is 0 Å². The van der Waals surface area contributed by atoms with Crippen LogP contribution in [0.2, 0.25) is 4.34 Å². The van der Waals surface area contributed by atoms with Gasteiger partial charge in [-0.1, -0.05) is 18.5 Å². The molecule has 0 saturated carbocycles. The van der Waals surface area contributed by atoms with Gasteiger partial charge in [-0.05, 0) is 31.5 Å². The summed E-state index contributed by atoms with van der Waals surface area (Å²) < 4.78 is 0.740. The molecule has 4 nitrogen and oxygen atoms in total. The van der Waals surface area contributed by atoms with Gasteiger partial charge in [0.15, 0.2) is 0 Å². The Labute approximate surface area is 128 Å². The van der Waals surface area contributed by atoms with E-state index in [0.717, 1.165) is 35.1 Å². The zero-order valence-electron chi connectivity index (χ0n) is 11.7. The Morgan fingerprint density at radius 3 is 3.05 bits per heavy atom. The van der Waals surface area contributed by atoms with Crippen LogP contribution in [0.1, 0.15) is 24.6 Å². The maximum atomic E-state index is 11.9. The van der Waals surface area contributed by atoms with E-state index in [0.29, 0.717) is 13.1 Å². The summed E-state index contributed by atoms with van der Waals surface area (Å²) >= 11 is 7.34. The highest BCUT2D eigenvalue weighted by Crippen LogP contribution is 2.28. The number of rotatable bonds is 5. The molecule has 0 aliphatic carbocycles. The molecule has 1 atom stereocenters. The summed E-state index contributed by atoms with van der Waals surface area (Å²) in [6.45, 7) is 4.88. The summed E-state index contributed by atoms with van der Waals surface area (Å²) in [5, 5.41) is 12.3. The summed E-state index contributed by atoms with van der Waals surface area (Å²) in [6, 6.07) is 3.77. The highest BCUT2D eigenvalue weighted by molar-refractivity contribution is 7.16. The molecule has 1 fully saturated rings. The summed E-state index contributed by atoms with van der Waals surface area (Å²) in [5.74, 6) is 0.0247. The number of carbonyl (C=O) groups excluding carboxylic acids is 1. The second kappa shape index (κ2) is 6.89. The Hall–Kier alpha value is -0.620. The minimum atomic E-state index is -0.0696. The van der Waals surface area contributed by atoms with Gasteiger partial charge in [0.05, 0.1) is 17.4 Å². The van der Waals surface area contributed by atoms with Gasteiger partial charge in [-0.3, -0.25) is 9.69 Å². The van der Waals surface area contributed by atoms with Gasteiger partial charge in [0.1, 0.15) is 0 Å². The lowest BCUT2D eigenvalue weighted by molar-refractivity contribution is -0.123. The summed E-state index contributed by atoms with van der Waals surface area (Å²) in [4.78, 5) is 15.1. The van der Waals surface area contributed by atoms with Gasteiger partial charge in [-0.2, -0.15) is 0 Å². The normalized spacial score (nSPS) is 23.8. The average molecular weight is 317 g/mol. The summed E-state index contributed by atoms with van der Waals surface area (Å²) in [7, 11) is 0. The van der Waals surface area contributed by atoms with Crippen molar-refractivity contribution in [1.82, 2.24) is 10.2 Å². The van der Waals surface area contributed by atoms with E-state index in [1.807, 2.05) is 12.1 Å². The van der Waals surface area contributed by atoms with Gasteiger partial charge in [-0.25, -0.2) is 0 Å². The first-order valence-electron chi connectivity index (χ1n) is 6.85. The van der Waals surface area contributed by atoms with Gasteiger partial charge in [0.25, 0.3) is 0 Å². The van der Waals surface area contributed by atoms with E-state index >= 15 is 0 Å². The topological polar surface area (TPSA) is 52.6 Å². The number of aliphatic hydroxyl groups excluding tert-OH is 1. The first-order valence-corrected chi connectivity index (χ1v) is 8.04. The molecule has 1 aliphatic heterocycles. The Bertz CT molecular complexity index is 466.